The van der Waals surface area contributed by atoms with Gasteiger partial charge in [0, 0.05) is 16.6 Å². The molecule has 6 nitrogen and oxygen atoms in total. The highest BCUT2D eigenvalue weighted by Gasteiger charge is 2.34. The van der Waals surface area contributed by atoms with Crippen molar-refractivity contribution in [2.75, 3.05) is 0 Å². The zero-order valence-electron chi connectivity index (χ0n) is 19.3. The second kappa shape index (κ2) is 11.3. The van der Waals surface area contributed by atoms with E-state index in [1.165, 1.54) is 6.07 Å². The monoisotopic (exact) mass is 519 g/mol. The van der Waals surface area contributed by atoms with Crippen LogP contribution in [0.2, 0.25) is 5.02 Å². The van der Waals surface area contributed by atoms with E-state index in [9.17, 15) is 26.7 Å². The number of benzene rings is 2. The summed E-state index contributed by atoms with van der Waals surface area (Å²) in [4.78, 5) is 16.8. The van der Waals surface area contributed by atoms with Crippen molar-refractivity contribution in [3.8, 4) is 0 Å². The first-order valence-corrected chi connectivity index (χ1v) is 10.9. The van der Waals surface area contributed by atoms with Crippen LogP contribution in [0.1, 0.15) is 42.3 Å². The molecule has 12 heteroatoms. The van der Waals surface area contributed by atoms with Crippen molar-refractivity contribution in [3.05, 3.63) is 70.0 Å². The number of halogens is 6. The molecule has 0 aromatic heterocycles. The van der Waals surface area contributed by atoms with Crippen LogP contribution >= 0.6 is 11.6 Å². The first-order valence-electron chi connectivity index (χ1n) is 10.5. The molecule has 2 rings (SSSR count). The van der Waals surface area contributed by atoms with Crippen LogP contribution in [0.5, 0.6) is 0 Å². The summed E-state index contributed by atoms with van der Waals surface area (Å²) in [5, 5.41) is 4.99. The maximum absolute atomic E-state index is 14.9. The van der Waals surface area contributed by atoms with Crippen LogP contribution < -0.4 is 22.1 Å². The van der Waals surface area contributed by atoms with Gasteiger partial charge in [0.15, 0.2) is 5.96 Å². The Kier molecular flexibility index (Phi) is 9.21. The van der Waals surface area contributed by atoms with Crippen molar-refractivity contribution in [2.24, 2.45) is 21.9 Å². The lowest BCUT2D eigenvalue weighted by Crippen LogP contribution is -2.60. The topological polar surface area (TPSA) is 106 Å². The van der Waals surface area contributed by atoms with Crippen LogP contribution in [0.4, 0.5) is 22.0 Å². The molecule has 192 valence electrons. The van der Waals surface area contributed by atoms with E-state index in [1.54, 1.807) is 20.8 Å². The molecule has 3 atom stereocenters. The Hall–Kier alpha value is -2.76. The summed E-state index contributed by atoms with van der Waals surface area (Å²) in [6.45, 7) is 5.04. The number of nitrogens with one attached hydrogen (secondary N) is 2. The van der Waals surface area contributed by atoms with Gasteiger partial charge >= 0.3 is 6.18 Å². The molecular weight excluding hydrogens is 493 g/mol. The van der Waals surface area contributed by atoms with E-state index < -0.39 is 47.3 Å². The van der Waals surface area contributed by atoms with Gasteiger partial charge in [0.25, 0.3) is 5.91 Å². The van der Waals surface area contributed by atoms with Crippen molar-refractivity contribution in [1.29, 1.82) is 0 Å². The number of carbonyl (C=O) groups is 1. The zero-order chi connectivity index (χ0) is 26.6. The van der Waals surface area contributed by atoms with Crippen LogP contribution in [0.25, 0.3) is 0 Å². The average molecular weight is 520 g/mol. The molecule has 0 heterocycles. The number of nitrogens with zero attached hydrogens (tertiary/aromatic N) is 1. The summed E-state index contributed by atoms with van der Waals surface area (Å²) in [6.07, 6.45) is -7.70. The number of guanidine groups is 1. The number of amides is 1. The van der Waals surface area contributed by atoms with Crippen LogP contribution in [-0.4, -0.2) is 30.2 Å². The van der Waals surface area contributed by atoms with Gasteiger partial charge in [-0.1, -0.05) is 38.4 Å². The molecule has 0 fully saturated rings. The number of carbonyl (C=O) groups excluding carboxylic acids is 1. The molecule has 0 bridgehead atoms. The number of aliphatic imine (C=N–C) groups is 1. The Morgan fingerprint density at radius 1 is 1.09 bits per heavy atom. The van der Waals surface area contributed by atoms with Gasteiger partial charge in [0.05, 0.1) is 12.1 Å². The van der Waals surface area contributed by atoms with Crippen LogP contribution in [0.3, 0.4) is 0 Å². The van der Waals surface area contributed by atoms with E-state index in [1.807, 2.05) is 0 Å². The molecule has 1 amide bonds. The summed E-state index contributed by atoms with van der Waals surface area (Å²) in [6, 6.07) is 6.13. The van der Waals surface area contributed by atoms with Gasteiger partial charge in [-0.2, -0.15) is 13.2 Å². The fourth-order valence-electron chi connectivity index (χ4n) is 2.86. The van der Waals surface area contributed by atoms with Gasteiger partial charge in [0.2, 0.25) is 0 Å². The third-order valence-electron chi connectivity index (χ3n) is 5.12. The Balaban J connectivity index is 2.27. The second-order valence-electron chi connectivity index (χ2n) is 8.94. The Bertz CT molecular complexity index is 1050. The van der Waals surface area contributed by atoms with E-state index in [0.717, 1.165) is 36.4 Å². The van der Waals surface area contributed by atoms with Gasteiger partial charge in [-0.05, 0) is 47.4 Å². The molecule has 0 aliphatic heterocycles. The Labute approximate surface area is 204 Å². The molecule has 0 aliphatic rings. The van der Waals surface area contributed by atoms with E-state index in [0.29, 0.717) is 5.56 Å². The van der Waals surface area contributed by atoms with Gasteiger partial charge in [-0.15, -0.1) is 0 Å². The molecule has 0 aliphatic carbocycles. The molecule has 3 unspecified atom stereocenters. The standard InChI is InChI=1S/C23H27ClF5N5O/c1-22(2,3)18(30)17(26)19(31)33-21(32-11-13-6-9-15(25)10-16(13)24)34-20(35)12-4-7-14(8-5-12)23(27,28)29/h4-10,17-19H,11,30-31H2,1-3H3,(H2,32,33,34,35). The molecular formula is C23H27ClF5N5O. The minimum absolute atomic E-state index is 0.0737. The van der Waals surface area contributed by atoms with Crippen molar-refractivity contribution in [3.63, 3.8) is 0 Å². The second-order valence-corrected chi connectivity index (χ2v) is 9.34. The van der Waals surface area contributed by atoms with Crippen molar-refractivity contribution in [1.82, 2.24) is 10.6 Å². The summed E-state index contributed by atoms with van der Waals surface area (Å²) in [7, 11) is 0. The highest BCUT2D eigenvalue weighted by Crippen LogP contribution is 2.29. The Morgan fingerprint density at radius 3 is 2.20 bits per heavy atom. The molecule has 2 aromatic rings. The highest BCUT2D eigenvalue weighted by atomic mass is 35.5. The average Bonchev–Trinajstić information content (AvgIpc) is 2.76. The highest BCUT2D eigenvalue weighted by molar-refractivity contribution is 6.31. The molecule has 0 saturated carbocycles. The largest absolute Gasteiger partial charge is 0.416 e. The van der Waals surface area contributed by atoms with Gasteiger partial charge in [0.1, 0.15) is 18.2 Å². The third kappa shape index (κ3) is 8.15. The number of hydrogen-bond donors (Lipinski definition) is 4. The van der Waals surface area contributed by atoms with E-state index in [-0.39, 0.29) is 23.1 Å². The smallest absolute Gasteiger partial charge is 0.338 e. The quantitative estimate of drug-likeness (QED) is 0.197. The summed E-state index contributed by atoms with van der Waals surface area (Å²) in [5.74, 6) is -1.65. The molecule has 0 radical (unpaired) electrons. The maximum atomic E-state index is 14.9. The van der Waals surface area contributed by atoms with Gasteiger partial charge in [-0.25, -0.2) is 13.8 Å². The van der Waals surface area contributed by atoms with E-state index in [4.69, 9.17) is 23.1 Å². The number of nitrogens with two attached hydrogens (primary N) is 2. The van der Waals surface area contributed by atoms with Crippen LogP contribution in [0.15, 0.2) is 47.5 Å². The fraction of sp³-hybridized carbons (Fsp3) is 0.391. The third-order valence-corrected chi connectivity index (χ3v) is 5.47. The first-order chi connectivity index (χ1) is 16.1. The predicted molar refractivity (Wildman–Crippen MR) is 125 cm³/mol. The lowest BCUT2D eigenvalue weighted by Gasteiger charge is -2.33. The summed E-state index contributed by atoms with van der Waals surface area (Å²) < 4.78 is 66.6. The molecule has 0 saturated heterocycles. The first kappa shape index (κ1) is 28.5. The summed E-state index contributed by atoms with van der Waals surface area (Å²) in [5.41, 5.74) is 10.6. The van der Waals surface area contributed by atoms with E-state index in [2.05, 4.69) is 15.6 Å². The predicted octanol–water partition coefficient (Wildman–Crippen LogP) is 4.37. The summed E-state index contributed by atoms with van der Waals surface area (Å²) >= 11 is 6.00. The zero-order valence-corrected chi connectivity index (χ0v) is 20.0. The number of alkyl halides is 4. The molecule has 6 N–H and O–H groups in total. The number of rotatable bonds is 6. The normalized spacial score (nSPS) is 15.3. The lowest BCUT2D eigenvalue weighted by molar-refractivity contribution is -0.137. The SMILES string of the molecule is CC(C)(C)C(N)C(F)C(N)NC(=NCc1ccc(F)cc1Cl)NC(=O)c1ccc(C(F)(F)F)cc1. The molecule has 0 spiro atoms. The van der Waals surface area contributed by atoms with Gasteiger partial charge < -0.3 is 16.8 Å². The number of hydrogen-bond acceptors (Lipinski definition) is 4. The Morgan fingerprint density at radius 2 is 1.69 bits per heavy atom. The van der Waals surface area contributed by atoms with Gasteiger partial charge in [-0.3, -0.25) is 10.1 Å². The molecule has 2 aromatic carbocycles. The minimum Gasteiger partial charge on any atom is -0.338 e. The van der Waals surface area contributed by atoms with Crippen molar-refractivity contribution < 1.29 is 26.7 Å². The molecule has 35 heavy (non-hydrogen) atoms. The van der Waals surface area contributed by atoms with Crippen molar-refractivity contribution in [2.45, 2.75) is 51.9 Å². The van der Waals surface area contributed by atoms with Crippen molar-refractivity contribution >= 4 is 23.5 Å². The lowest BCUT2D eigenvalue weighted by atomic mass is 9.84. The fourth-order valence-corrected chi connectivity index (χ4v) is 3.09. The van der Waals surface area contributed by atoms with E-state index >= 15 is 0 Å². The maximum Gasteiger partial charge on any atom is 0.416 e. The minimum atomic E-state index is -4.56. The van der Waals surface area contributed by atoms with Crippen LogP contribution in [-0.2, 0) is 12.7 Å². The van der Waals surface area contributed by atoms with Crippen LogP contribution in [0, 0.1) is 11.2 Å².